The van der Waals surface area contributed by atoms with Crippen LogP contribution in [0.15, 0.2) is 59.3 Å². The molecule has 1 aliphatic heterocycles. The summed E-state index contributed by atoms with van der Waals surface area (Å²) in [6.07, 6.45) is 9.77. The summed E-state index contributed by atoms with van der Waals surface area (Å²) in [7, 11) is 4.01. The molecule has 30 heavy (non-hydrogen) atoms. The van der Waals surface area contributed by atoms with Gasteiger partial charge in [-0.3, -0.25) is 9.79 Å². The van der Waals surface area contributed by atoms with Crippen molar-refractivity contribution in [1.82, 2.24) is 10.2 Å². The van der Waals surface area contributed by atoms with Gasteiger partial charge in [0.15, 0.2) is 0 Å². The largest absolute Gasteiger partial charge is 0.378 e. The molecule has 0 saturated carbocycles. The van der Waals surface area contributed by atoms with E-state index in [-0.39, 0.29) is 5.92 Å². The van der Waals surface area contributed by atoms with Gasteiger partial charge in [0.05, 0.1) is 5.70 Å². The first kappa shape index (κ1) is 23.6. The molecule has 2 rings (SSSR count). The maximum absolute atomic E-state index is 11.4. The Hall–Kier alpha value is -2.66. The van der Waals surface area contributed by atoms with Gasteiger partial charge >= 0.3 is 0 Å². The van der Waals surface area contributed by atoms with Crippen LogP contribution in [-0.2, 0) is 4.79 Å². The monoisotopic (exact) mass is 408 g/mol. The van der Waals surface area contributed by atoms with Crippen molar-refractivity contribution < 1.29 is 4.79 Å². The van der Waals surface area contributed by atoms with E-state index in [2.05, 4.69) is 55.3 Å². The number of piperazine rings is 1. The van der Waals surface area contributed by atoms with Gasteiger partial charge in [0.1, 0.15) is 6.29 Å². The minimum Gasteiger partial charge on any atom is -0.378 e. The molecule has 1 aliphatic rings. The van der Waals surface area contributed by atoms with E-state index in [1.165, 1.54) is 5.70 Å². The molecule has 5 heteroatoms. The third-order valence-electron chi connectivity index (χ3n) is 5.45. The maximum atomic E-state index is 11.4. The zero-order valence-corrected chi connectivity index (χ0v) is 19.1. The Balaban J connectivity index is 2.38. The molecule has 1 N–H and O–H groups in total. The van der Waals surface area contributed by atoms with Crippen LogP contribution in [0.3, 0.4) is 0 Å². The van der Waals surface area contributed by atoms with Gasteiger partial charge in [0.25, 0.3) is 0 Å². The van der Waals surface area contributed by atoms with Gasteiger partial charge in [-0.1, -0.05) is 32.1 Å². The Bertz CT molecular complexity index is 814. The van der Waals surface area contributed by atoms with Gasteiger partial charge in [-0.05, 0) is 43.5 Å². The maximum Gasteiger partial charge on any atom is 0.145 e. The SMILES string of the molecule is C\C=C(/C=C\C(=N/C(=C\C=O)c1cccc(N(C)C)c1)C(C)CC)N1CCNCC1. The topological polar surface area (TPSA) is 47.9 Å². The second kappa shape index (κ2) is 12.1. The molecule has 1 aromatic rings. The van der Waals surface area contributed by atoms with Crippen molar-refractivity contribution >= 4 is 23.4 Å². The van der Waals surface area contributed by atoms with Gasteiger partial charge in [-0.25, -0.2) is 0 Å². The second-order valence-electron chi connectivity index (χ2n) is 7.76. The third-order valence-corrected chi connectivity index (χ3v) is 5.45. The number of anilines is 1. The fourth-order valence-electron chi connectivity index (χ4n) is 3.34. The minimum atomic E-state index is 0.287. The summed E-state index contributed by atoms with van der Waals surface area (Å²) < 4.78 is 0. The molecule has 0 aliphatic carbocycles. The van der Waals surface area contributed by atoms with Crippen LogP contribution in [-0.4, -0.2) is 57.2 Å². The Morgan fingerprint density at radius 1 is 1.27 bits per heavy atom. The van der Waals surface area contributed by atoms with E-state index >= 15 is 0 Å². The Morgan fingerprint density at radius 2 is 2.00 bits per heavy atom. The first-order chi connectivity index (χ1) is 14.5. The van der Waals surface area contributed by atoms with E-state index in [0.717, 1.165) is 55.8 Å². The van der Waals surface area contributed by atoms with E-state index in [9.17, 15) is 4.79 Å². The van der Waals surface area contributed by atoms with E-state index in [1.807, 2.05) is 37.2 Å². The number of hydrogen-bond donors (Lipinski definition) is 1. The predicted molar refractivity (Wildman–Crippen MR) is 129 cm³/mol. The molecule has 1 atom stereocenters. The highest BCUT2D eigenvalue weighted by atomic mass is 16.1. The van der Waals surface area contributed by atoms with Crippen LogP contribution in [0.2, 0.25) is 0 Å². The number of nitrogens with one attached hydrogen (secondary N) is 1. The number of benzene rings is 1. The molecule has 1 fully saturated rings. The molecule has 1 unspecified atom stereocenters. The fraction of sp³-hybridized carbons (Fsp3) is 0.440. The van der Waals surface area contributed by atoms with Crippen LogP contribution in [0.25, 0.3) is 5.70 Å². The molecule has 0 aromatic heterocycles. The van der Waals surface area contributed by atoms with Gasteiger partial charge < -0.3 is 15.1 Å². The van der Waals surface area contributed by atoms with Crippen LogP contribution in [0.4, 0.5) is 5.69 Å². The van der Waals surface area contributed by atoms with Crippen LogP contribution in [0.5, 0.6) is 0 Å². The molecule has 1 heterocycles. The highest BCUT2D eigenvalue weighted by molar-refractivity contribution is 6.01. The smallest absolute Gasteiger partial charge is 0.145 e. The minimum absolute atomic E-state index is 0.287. The molecular formula is C25H36N4O. The number of allylic oxidation sites excluding steroid dienone is 4. The van der Waals surface area contributed by atoms with Gasteiger partial charge in [-0.2, -0.15) is 0 Å². The molecular weight excluding hydrogens is 372 g/mol. The Labute approximate surface area is 181 Å². The van der Waals surface area contributed by atoms with E-state index in [1.54, 1.807) is 6.08 Å². The number of carbonyl (C=O) groups is 1. The van der Waals surface area contributed by atoms with Crippen molar-refractivity contribution in [2.24, 2.45) is 10.9 Å². The van der Waals surface area contributed by atoms with Crippen LogP contribution in [0.1, 0.15) is 32.8 Å². The highest BCUT2D eigenvalue weighted by Gasteiger charge is 2.12. The standard InChI is InChI=1S/C25H36N4O/c1-6-20(3)24(12-11-22(7-2)29-16-14-26-15-17-29)27-25(13-18-30)21-9-8-10-23(19-21)28(4)5/h7-13,18-20,26H,6,14-17H2,1-5H3/b12-11-,22-7+,25-13-,27-24+. The Morgan fingerprint density at radius 3 is 2.60 bits per heavy atom. The quantitative estimate of drug-likeness (QED) is 0.289. The van der Waals surface area contributed by atoms with E-state index < -0.39 is 0 Å². The zero-order chi connectivity index (χ0) is 21.9. The molecule has 1 aromatic carbocycles. The summed E-state index contributed by atoms with van der Waals surface area (Å²) in [5.41, 5.74) is 4.90. The van der Waals surface area contributed by atoms with Crippen LogP contribution < -0.4 is 10.2 Å². The lowest BCUT2D eigenvalue weighted by Gasteiger charge is -2.30. The lowest BCUT2D eigenvalue weighted by molar-refractivity contribution is -0.104. The summed E-state index contributed by atoms with van der Waals surface area (Å²) in [6, 6.07) is 8.11. The number of aldehydes is 1. The first-order valence-electron chi connectivity index (χ1n) is 10.8. The molecule has 5 nitrogen and oxygen atoms in total. The fourth-order valence-corrected chi connectivity index (χ4v) is 3.34. The van der Waals surface area contributed by atoms with Crippen molar-refractivity contribution in [3.05, 3.63) is 59.8 Å². The zero-order valence-electron chi connectivity index (χ0n) is 19.1. The van der Waals surface area contributed by atoms with E-state index in [0.29, 0.717) is 5.70 Å². The van der Waals surface area contributed by atoms with Crippen molar-refractivity contribution in [1.29, 1.82) is 0 Å². The summed E-state index contributed by atoms with van der Waals surface area (Å²) in [4.78, 5) is 20.7. The molecule has 1 saturated heterocycles. The third kappa shape index (κ3) is 6.70. The Kier molecular flexibility index (Phi) is 9.55. The normalized spacial score (nSPS) is 17.4. The average molecular weight is 409 g/mol. The highest BCUT2D eigenvalue weighted by Crippen LogP contribution is 2.23. The van der Waals surface area contributed by atoms with Crippen LogP contribution >= 0.6 is 0 Å². The number of carbonyl (C=O) groups excluding carboxylic acids is 1. The van der Waals surface area contributed by atoms with E-state index in [4.69, 9.17) is 4.99 Å². The molecule has 0 bridgehead atoms. The van der Waals surface area contributed by atoms with Crippen molar-refractivity contribution in [2.75, 3.05) is 45.2 Å². The molecule has 0 spiro atoms. The number of hydrogen-bond acceptors (Lipinski definition) is 5. The van der Waals surface area contributed by atoms with Gasteiger partial charge in [0, 0.05) is 69.0 Å². The van der Waals surface area contributed by atoms with Crippen molar-refractivity contribution in [3.63, 3.8) is 0 Å². The van der Waals surface area contributed by atoms with Gasteiger partial charge in [0.2, 0.25) is 0 Å². The molecule has 0 amide bonds. The summed E-state index contributed by atoms with van der Waals surface area (Å²) in [6.45, 7) is 10.4. The first-order valence-corrected chi connectivity index (χ1v) is 10.8. The van der Waals surface area contributed by atoms with Crippen LogP contribution in [0, 0.1) is 5.92 Å². The summed E-state index contributed by atoms with van der Waals surface area (Å²) in [5.74, 6) is 0.287. The van der Waals surface area contributed by atoms with Gasteiger partial charge in [-0.15, -0.1) is 0 Å². The predicted octanol–water partition coefficient (Wildman–Crippen LogP) is 4.14. The lowest BCUT2D eigenvalue weighted by atomic mass is 10.0. The summed E-state index contributed by atoms with van der Waals surface area (Å²) >= 11 is 0. The van der Waals surface area contributed by atoms with Crippen molar-refractivity contribution in [2.45, 2.75) is 27.2 Å². The lowest BCUT2D eigenvalue weighted by Crippen LogP contribution is -2.42. The second-order valence-corrected chi connectivity index (χ2v) is 7.76. The van der Waals surface area contributed by atoms with Crippen molar-refractivity contribution in [3.8, 4) is 0 Å². The summed E-state index contributed by atoms with van der Waals surface area (Å²) in [5, 5.41) is 3.40. The molecule has 0 radical (unpaired) electrons. The number of aliphatic imine (C=N–C) groups is 1. The number of rotatable bonds is 9. The average Bonchev–Trinajstić information content (AvgIpc) is 2.78. The number of nitrogens with zero attached hydrogens (tertiary/aromatic N) is 3. The molecule has 162 valence electrons.